The van der Waals surface area contributed by atoms with E-state index in [1.165, 1.54) is 11.1 Å². The molecule has 1 aliphatic carbocycles. The van der Waals surface area contributed by atoms with Gasteiger partial charge >= 0.3 is 0 Å². The Kier molecular flexibility index (Phi) is 19.8. The number of nitrogens with one attached hydrogen (secondary N) is 3. The van der Waals surface area contributed by atoms with E-state index in [9.17, 15) is 13.8 Å². The molecule has 3 aliphatic rings. The SMILES string of the molecule is C=CCCCN(CCNCCNC=O)CC1(OC)/C=C/CC(C)C(C)S(=O)NC(=O)c2ccc3c(c2)N(CC(c2ccc(Cl)cc2CCC)CO3)CC2CCC21.CC. The van der Waals surface area contributed by atoms with Crippen molar-refractivity contribution in [2.75, 3.05) is 71.0 Å². The summed E-state index contributed by atoms with van der Waals surface area (Å²) in [6.07, 6.45) is 13.9. The van der Waals surface area contributed by atoms with Gasteiger partial charge in [0.25, 0.3) is 5.91 Å². The molecule has 0 saturated heterocycles. The van der Waals surface area contributed by atoms with Crippen LogP contribution in [0, 0.1) is 17.8 Å². The Bertz CT molecular complexity index is 1680. The average molecular weight is 841 g/mol. The number of nitrogens with zero attached hydrogens (tertiary/aromatic N) is 2. The second-order valence-corrected chi connectivity index (χ2v) is 17.8. The molecule has 0 spiro atoms. The Morgan fingerprint density at radius 3 is 2.64 bits per heavy atom. The lowest BCUT2D eigenvalue weighted by molar-refractivity contribution is -0.109. The number of allylic oxidation sites excluding steroid dienone is 2. The predicted molar refractivity (Wildman–Crippen MR) is 240 cm³/mol. The molecule has 2 heterocycles. The molecule has 2 bridgehead atoms. The Morgan fingerprint density at radius 2 is 1.93 bits per heavy atom. The van der Waals surface area contributed by atoms with Crippen LogP contribution in [-0.4, -0.2) is 98.4 Å². The molecule has 322 valence electrons. The summed E-state index contributed by atoms with van der Waals surface area (Å²) < 4.78 is 29.7. The van der Waals surface area contributed by atoms with Crippen LogP contribution in [0.2, 0.25) is 5.02 Å². The third kappa shape index (κ3) is 12.6. The number of fused-ring (bicyclic) bond motifs is 2. The minimum Gasteiger partial charge on any atom is -0.491 e. The van der Waals surface area contributed by atoms with E-state index in [1.807, 2.05) is 52.2 Å². The first kappa shape index (κ1) is 47.5. The molecule has 2 amide bonds. The van der Waals surface area contributed by atoms with E-state index >= 15 is 0 Å². The van der Waals surface area contributed by atoms with E-state index in [-0.39, 0.29) is 28.9 Å². The number of hydrogen-bond acceptors (Lipinski definition) is 8. The highest BCUT2D eigenvalue weighted by atomic mass is 35.5. The van der Waals surface area contributed by atoms with Gasteiger partial charge < -0.3 is 25.0 Å². The fourth-order valence-electron chi connectivity index (χ4n) is 8.53. The molecule has 10 nitrogen and oxygen atoms in total. The molecule has 58 heavy (non-hydrogen) atoms. The summed E-state index contributed by atoms with van der Waals surface area (Å²) in [7, 11) is 0.273. The zero-order valence-corrected chi connectivity index (χ0v) is 37.5. The number of benzene rings is 2. The van der Waals surface area contributed by atoms with E-state index in [1.54, 1.807) is 6.07 Å². The fourth-order valence-corrected chi connectivity index (χ4v) is 9.75. The summed E-state index contributed by atoms with van der Waals surface area (Å²) >= 11 is 6.51. The average Bonchev–Trinajstić information content (AvgIpc) is 3.39. The Balaban J connectivity index is 0.00000366. The van der Waals surface area contributed by atoms with Crippen molar-refractivity contribution in [2.45, 2.75) is 96.3 Å². The molecule has 1 fully saturated rings. The van der Waals surface area contributed by atoms with Gasteiger partial charge in [0.2, 0.25) is 6.41 Å². The quantitative estimate of drug-likeness (QED) is 0.0846. The van der Waals surface area contributed by atoms with Crippen LogP contribution < -0.4 is 25.0 Å². The van der Waals surface area contributed by atoms with Crippen molar-refractivity contribution in [1.29, 1.82) is 0 Å². The maximum absolute atomic E-state index is 13.6. The Labute approximate surface area is 356 Å². The van der Waals surface area contributed by atoms with Gasteiger partial charge in [0, 0.05) is 69.4 Å². The smallest absolute Gasteiger partial charge is 0.263 e. The summed E-state index contributed by atoms with van der Waals surface area (Å²) in [4.78, 5) is 29.3. The lowest BCUT2D eigenvalue weighted by Crippen LogP contribution is -2.57. The van der Waals surface area contributed by atoms with Gasteiger partial charge in [0.05, 0.1) is 17.5 Å². The van der Waals surface area contributed by atoms with Gasteiger partial charge in [-0.1, -0.05) is 70.0 Å². The highest BCUT2D eigenvalue weighted by Gasteiger charge is 2.48. The topological polar surface area (TPSA) is 112 Å². The Hall–Kier alpha value is -3.22. The third-order valence-corrected chi connectivity index (χ3v) is 13.9. The van der Waals surface area contributed by atoms with Crippen molar-refractivity contribution in [2.24, 2.45) is 17.8 Å². The summed E-state index contributed by atoms with van der Waals surface area (Å²) in [5, 5.41) is 6.68. The van der Waals surface area contributed by atoms with E-state index in [2.05, 4.69) is 69.9 Å². The molecule has 2 aromatic carbocycles. The van der Waals surface area contributed by atoms with Crippen molar-refractivity contribution in [3.63, 3.8) is 0 Å². The Morgan fingerprint density at radius 1 is 1.12 bits per heavy atom. The van der Waals surface area contributed by atoms with Crippen LogP contribution in [0.5, 0.6) is 5.75 Å². The first-order valence-electron chi connectivity index (χ1n) is 21.6. The van der Waals surface area contributed by atoms with Crippen molar-refractivity contribution in [1.82, 2.24) is 20.3 Å². The van der Waals surface area contributed by atoms with E-state index in [0.717, 1.165) is 94.1 Å². The lowest BCUT2D eigenvalue weighted by Gasteiger charge is -2.51. The maximum Gasteiger partial charge on any atom is 0.263 e. The largest absolute Gasteiger partial charge is 0.491 e. The predicted octanol–water partition coefficient (Wildman–Crippen LogP) is 7.69. The van der Waals surface area contributed by atoms with Gasteiger partial charge in [0.1, 0.15) is 22.3 Å². The number of unbranched alkanes of at least 4 members (excludes halogenated alkanes) is 1. The summed E-state index contributed by atoms with van der Waals surface area (Å²) in [6.45, 7) is 20.7. The number of aryl methyl sites for hydroxylation is 1. The van der Waals surface area contributed by atoms with Gasteiger partial charge in [-0.3, -0.25) is 19.2 Å². The summed E-state index contributed by atoms with van der Waals surface area (Å²) in [5.41, 5.74) is 3.29. The second kappa shape index (κ2) is 24.1. The van der Waals surface area contributed by atoms with E-state index < -0.39 is 16.6 Å². The number of hydrogen-bond donors (Lipinski definition) is 3. The zero-order valence-electron chi connectivity index (χ0n) is 35.9. The number of anilines is 1. The normalized spacial score (nSPS) is 26.4. The van der Waals surface area contributed by atoms with Crippen molar-refractivity contribution in [3.05, 3.63) is 82.9 Å². The molecule has 2 aliphatic heterocycles. The van der Waals surface area contributed by atoms with Crippen LogP contribution in [0.15, 0.2) is 61.2 Å². The first-order chi connectivity index (χ1) is 28.1. The molecule has 7 atom stereocenters. The highest BCUT2D eigenvalue weighted by Crippen LogP contribution is 2.47. The van der Waals surface area contributed by atoms with Crippen LogP contribution in [0.1, 0.15) is 101 Å². The van der Waals surface area contributed by atoms with Gasteiger partial charge in [-0.25, -0.2) is 4.21 Å². The monoisotopic (exact) mass is 839 g/mol. The molecule has 0 aromatic heterocycles. The standard InChI is InChI=1S/C44H64ClN5O5S.C2H6/c1-6-8-9-23-49(24-22-46-20-21-47-31-51)30-44(54-5)19-10-12-32(3)33(4)56(53)48-43(52)35-14-18-42-41(26-35)50(27-36-13-17-40(36)44)28-37(29-55-42)39-16-15-38(45)25-34(39)11-7-2;1-2/h6,10,14-16,18-19,25-26,31-33,36-37,40,46H,1,7-9,11-13,17,20-24,27-30H2,2-5H3,(H,47,51)(H,48,52);1-2H3/b19-10+;. The maximum atomic E-state index is 13.6. The van der Waals surface area contributed by atoms with Gasteiger partial charge in [0.15, 0.2) is 0 Å². The fraction of sp³-hybridized carbons (Fsp3) is 0.609. The molecule has 0 radical (unpaired) electrons. The van der Waals surface area contributed by atoms with Crippen LogP contribution >= 0.6 is 11.6 Å². The first-order valence-corrected chi connectivity index (χ1v) is 23.2. The van der Waals surface area contributed by atoms with Crippen LogP contribution in [0.3, 0.4) is 0 Å². The van der Waals surface area contributed by atoms with E-state index in [0.29, 0.717) is 44.1 Å². The molecule has 2 aromatic rings. The molecule has 7 unspecified atom stereocenters. The van der Waals surface area contributed by atoms with Crippen LogP contribution in [-0.2, 0) is 26.9 Å². The van der Waals surface area contributed by atoms with Crippen molar-refractivity contribution < 1.29 is 23.3 Å². The number of rotatable bonds is 17. The van der Waals surface area contributed by atoms with Gasteiger partial charge in [-0.05, 0) is 111 Å². The minimum absolute atomic E-state index is 0.0539. The number of halogens is 1. The van der Waals surface area contributed by atoms with Gasteiger partial charge in [-0.15, -0.1) is 6.58 Å². The number of methoxy groups -OCH3 is 1. The third-order valence-electron chi connectivity index (χ3n) is 12.1. The molecule has 1 saturated carbocycles. The number of amides is 2. The summed E-state index contributed by atoms with van der Waals surface area (Å²) in [5.74, 6) is 1.11. The molecule has 3 N–H and O–H groups in total. The lowest BCUT2D eigenvalue weighted by atomic mass is 9.63. The zero-order chi connectivity index (χ0) is 42.1. The molecular formula is C46H70ClN5O5S. The second-order valence-electron chi connectivity index (χ2n) is 15.9. The highest BCUT2D eigenvalue weighted by molar-refractivity contribution is 7.84. The van der Waals surface area contributed by atoms with Crippen LogP contribution in [0.4, 0.5) is 5.69 Å². The molecular weight excluding hydrogens is 770 g/mol. The number of carbonyl (C=O) groups excluding carboxylic acids is 2. The number of carbonyl (C=O) groups is 2. The molecule has 12 heteroatoms. The summed E-state index contributed by atoms with van der Waals surface area (Å²) in [6, 6.07) is 11.8. The van der Waals surface area contributed by atoms with Crippen LogP contribution in [0.25, 0.3) is 0 Å². The molecule has 5 rings (SSSR count). The van der Waals surface area contributed by atoms with Gasteiger partial charge in [-0.2, -0.15) is 0 Å². The van der Waals surface area contributed by atoms with E-state index in [4.69, 9.17) is 21.1 Å². The van der Waals surface area contributed by atoms with Crippen molar-refractivity contribution in [3.8, 4) is 5.75 Å². The minimum atomic E-state index is -1.58. The number of ether oxygens (including phenoxy) is 2. The van der Waals surface area contributed by atoms with Crippen molar-refractivity contribution >= 4 is 40.6 Å².